The first-order valence-electron chi connectivity index (χ1n) is 7.80. The second kappa shape index (κ2) is 7.05. The summed E-state index contributed by atoms with van der Waals surface area (Å²) < 4.78 is 5.75. The topological polar surface area (TPSA) is 15.7 Å². The standard InChI is InChI=1S/C16H34N2O/c1-15(2,3)18-12-10-17(11-13-18)9-7-8-14-19-16(4,5)6/h7-14H2,1-6H3. The van der Waals surface area contributed by atoms with Gasteiger partial charge in [0.2, 0.25) is 0 Å². The van der Waals surface area contributed by atoms with Crippen LogP contribution < -0.4 is 0 Å². The molecule has 0 atom stereocenters. The summed E-state index contributed by atoms with van der Waals surface area (Å²) in [6.45, 7) is 20.3. The average molecular weight is 270 g/mol. The van der Waals surface area contributed by atoms with Crippen molar-refractivity contribution < 1.29 is 4.74 Å². The molecule has 0 saturated carbocycles. The SMILES string of the molecule is CC(C)(C)OCCCCN1CCN(C(C)(C)C)CC1. The van der Waals surface area contributed by atoms with Crippen molar-refractivity contribution in [3.8, 4) is 0 Å². The quantitative estimate of drug-likeness (QED) is 0.714. The zero-order valence-electron chi connectivity index (χ0n) is 14.0. The van der Waals surface area contributed by atoms with Crippen LogP contribution in [0.2, 0.25) is 0 Å². The van der Waals surface area contributed by atoms with Crippen LogP contribution in [-0.4, -0.2) is 60.3 Å². The molecule has 1 aliphatic rings. The van der Waals surface area contributed by atoms with Gasteiger partial charge in [-0.3, -0.25) is 4.90 Å². The third kappa shape index (κ3) is 7.28. The van der Waals surface area contributed by atoms with Crippen molar-refractivity contribution in [2.45, 2.75) is 65.5 Å². The summed E-state index contributed by atoms with van der Waals surface area (Å²) in [5, 5.41) is 0. The number of nitrogens with zero attached hydrogens (tertiary/aromatic N) is 2. The molecule has 0 aromatic heterocycles. The van der Waals surface area contributed by atoms with E-state index in [1.165, 1.54) is 45.6 Å². The average Bonchev–Trinajstić information content (AvgIpc) is 2.26. The van der Waals surface area contributed by atoms with Gasteiger partial charge < -0.3 is 9.64 Å². The van der Waals surface area contributed by atoms with Crippen LogP contribution in [0.4, 0.5) is 0 Å². The van der Waals surface area contributed by atoms with Crippen molar-refractivity contribution >= 4 is 0 Å². The highest BCUT2D eigenvalue weighted by Crippen LogP contribution is 2.16. The molecule has 19 heavy (non-hydrogen) atoms. The molecule has 1 rings (SSSR count). The summed E-state index contributed by atoms with van der Waals surface area (Å²) in [4.78, 5) is 5.19. The predicted octanol–water partition coefficient (Wildman–Crippen LogP) is 3.00. The minimum Gasteiger partial charge on any atom is -0.376 e. The van der Waals surface area contributed by atoms with Crippen LogP contribution in [0.25, 0.3) is 0 Å². The van der Waals surface area contributed by atoms with Crippen molar-refractivity contribution in [2.75, 3.05) is 39.3 Å². The Morgan fingerprint density at radius 1 is 0.842 bits per heavy atom. The molecule has 1 fully saturated rings. The van der Waals surface area contributed by atoms with E-state index in [0.29, 0.717) is 5.54 Å². The number of hydrogen-bond acceptors (Lipinski definition) is 3. The Hall–Kier alpha value is -0.120. The largest absolute Gasteiger partial charge is 0.376 e. The van der Waals surface area contributed by atoms with Gasteiger partial charge in [-0.05, 0) is 60.9 Å². The molecule has 0 bridgehead atoms. The van der Waals surface area contributed by atoms with E-state index >= 15 is 0 Å². The zero-order valence-corrected chi connectivity index (χ0v) is 14.0. The molecule has 0 N–H and O–H groups in total. The molecule has 0 aliphatic carbocycles. The van der Waals surface area contributed by atoms with Crippen molar-refractivity contribution in [3.63, 3.8) is 0 Å². The van der Waals surface area contributed by atoms with Gasteiger partial charge in [0.25, 0.3) is 0 Å². The Kier molecular flexibility index (Phi) is 6.28. The maximum atomic E-state index is 5.75. The van der Waals surface area contributed by atoms with Gasteiger partial charge in [0.05, 0.1) is 5.60 Å². The molecule has 0 aromatic carbocycles. The minimum absolute atomic E-state index is 0.0122. The molecular weight excluding hydrogens is 236 g/mol. The molecule has 3 heteroatoms. The molecular formula is C16H34N2O. The van der Waals surface area contributed by atoms with Crippen molar-refractivity contribution in [1.29, 1.82) is 0 Å². The molecule has 0 unspecified atom stereocenters. The lowest BCUT2D eigenvalue weighted by molar-refractivity contribution is -0.00610. The number of ether oxygens (including phenoxy) is 1. The van der Waals surface area contributed by atoms with Gasteiger partial charge in [-0.1, -0.05) is 0 Å². The second-order valence-corrected chi connectivity index (χ2v) is 7.67. The predicted molar refractivity (Wildman–Crippen MR) is 82.7 cm³/mol. The van der Waals surface area contributed by atoms with E-state index in [1.807, 2.05) is 0 Å². The van der Waals surface area contributed by atoms with Crippen LogP contribution in [0.3, 0.4) is 0 Å². The summed E-state index contributed by atoms with van der Waals surface area (Å²) in [6.07, 6.45) is 2.43. The third-order valence-corrected chi connectivity index (χ3v) is 3.72. The van der Waals surface area contributed by atoms with Gasteiger partial charge in [0, 0.05) is 38.3 Å². The summed E-state index contributed by atoms with van der Waals surface area (Å²) in [5.41, 5.74) is 0.338. The minimum atomic E-state index is 0.0122. The molecule has 0 radical (unpaired) electrons. The monoisotopic (exact) mass is 270 g/mol. The highest BCUT2D eigenvalue weighted by Gasteiger charge is 2.25. The van der Waals surface area contributed by atoms with Gasteiger partial charge in [-0.25, -0.2) is 0 Å². The number of hydrogen-bond donors (Lipinski definition) is 0. The van der Waals surface area contributed by atoms with E-state index in [2.05, 4.69) is 51.3 Å². The molecule has 1 aliphatic heterocycles. The van der Waals surface area contributed by atoms with Gasteiger partial charge in [-0.15, -0.1) is 0 Å². The van der Waals surface area contributed by atoms with E-state index in [9.17, 15) is 0 Å². The summed E-state index contributed by atoms with van der Waals surface area (Å²) >= 11 is 0. The fourth-order valence-electron chi connectivity index (χ4n) is 2.46. The number of rotatable bonds is 5. The lowest BCUT2D eigenvalue weighted by atomic mass is 10.0. The molecule has 0 aromatic rings. The number of unbranched alkanes of at least 4 members (excludes halogenated alkanes) is 1. The van der Waals surface area contributed by atoms with E-state index in [4.69, 9.17) is 4.74 Å². The van der Waals surface area contributed by atoms with Crippen LogP contribution in [0.15, 0.2) is 0 Å². The first-order chi connectivity index (χ1) is 8.68. The lowest BCUT2D eigenvalue weighted by Crippen LogP contribution is -2.53. The fraction of sp³-hybridized carbons (Fsp3) is 1.00. The van der Waals surface area contributed by atoms with E-state index in [0.717, 1.165) is 6.61 Å². The van der Waals surface area contributed by atoms with Gasteiger partial charge in [0.1, 0.15) is 0 Å². The third-order valence-electron chi connectivity index (χ3n) is 3.72. The van der Waals surface area contributed by atoms with Crippen LogP contribution >= 0.6 is 0 Å². The maximum absolute atomic E-state index is 5.75. The van der Waals surface area contributed by atoms with Crippen molar-refractivity contribution in [1.82, 2.24) is 9.80 Å². The van der Waals surface area contributed by atoms with E-state index in [1.54, 1.807) is 0 Å². The Bertz CT molecular complexity index is 244. The zero-order chi connectivity index (χ0) is 14.5. The van der Waals surface area contributed by atoms with Crippen LogP contribution in [0.1, 0.15) is 54.4 Å². The Labute approximate surface area is 120 Å². The Morgan fingerprint density at radius 3 is 1.89 bits per heavy atom. The molecule has 0 spiro atoms. The Balaban J connectivity index is 2.07. The van der Waals surface area contributed by atoms with Crippen LogP contribution in [-0.2, 0) is 4.74 Å². The highest BCUT2D eigenvalue weighted by atomic mass is 16.5. The fourth-order valence-corrected chi connectivity index (χ4v) is 2.46. The maximum Gasteiger partial charge on any atom is 0.0598 e. The lowest BCUT2D eigenvalue weighted by Gasteiger charge is -2.42. The summed E-state index contributed by atoms with van der Waals surface area (Å²) in [7, 11) is 0. The number of piperazine rings is 1. The van der Waals surface area contributed by atoms with Gasteiger partial charge in [0.15, 0.2) is 0 Å². The second-order valence-electron chi connectivity index (χ2n) is 7.67. The van der Waals surface area contributed by atoms with Crippen LogP contribution in [0.5, 0.6) is 0 Å². The molecule has 3 nitrogen and oxygen atoms in total. The summed E-state index contributed by atoms with van der Waals surface area (Å²) in [5.74, 6) is 0. The summed E-state index contributed by atoms with van der Waals surface area (Å²) in [6, 6.07) is 0. The van der Waals surface area contributed by atoms with E-state index < -0.39 is 0 Å². The van der Waals surface area contributed by atoms with Crippen LogP contribution in [0, 0.1) is 0 Å². The van der Waals surface area contributed by atoms with Gasteiger partial charge in [-0.2, -0.15) is 0 Å². The molecule has 1 heterocycles. The first-order valence-corrected chi connectivity index (χ1v) is 7.80. The smallest absolute Gasteiger partial charge is 0.0598 e. The normalized spacial score (nSPS) is 19.9. The van der Waals surface area contributed by atoms with E-state index in [-0.39, 0.29) is 5.60 Å². The Morgan fingerprint density at radius 2 is 1.42 bits per heavy atom. The van der Waals surface area contributed by atoms with Crippen molar-refractivity contribution in [3.05, 3.63) is 0 Å². The molecule has 1 saturated heterocycles. The molecule has 0 amide bonds. The first kappa shape index (κ1) is 16.9. The molecule has 114 valence electrons. The van der Waals surface area contributed by atoms with Gasteiger partial charge >= 0.3 is 0 Å². The van der Waals surface area contributed by atoms with Crippen molar-refractivity contribution in [2.24, 2.45) is 0 Å². The highest BCUT2D eigenvalue weighted by molar-refractivity contribution is 4.81.